The molecule has 0 fully saturated rings. The summed E-state index contributed by atoms with van der Waals surface area (Å²) < 4.78 is 10.4. The Kier molecular flexibility index (Phi) is 7.56. The molecule has 0 heterocycles. The van der Waals surface area contributed by atoms with Crippen LogP contribution in [0.4, 0.5) is 0 Å². The lowest BCUT2D eigenvalue weighted by Crippen LogP contribution is -2.26. The fraction of sp³-hybridized carbons (Fsp3) is 0.250. The van der Waals surface area contributed by atoms with Crippen LogP contribution in [0.5, 0.6) is 11.5 Å². The molecule has 1 unspecified atom stereocenters. The van der Waals surface area contributed by atoms with Gasteiger partial charge in [-0.1, -0.05) is 18.2 Å². The SMILES string of the molecule is COc1ccc(/C=C/C(=O)NCC(O)c2ccc(SC)cc2)cc1OC. The molecule has 26 heavy (non-hydrogen) atoms. The molecule has 0 saturated heterocycles. The van der Waals surface area contributed by atoms with Crippen LogP contribution in [0.1, 0.15) is 17.2 Å². The fourth-order valence-electron chi connectivity index (χ4n) is 2.33. The molecule has 0 aliphatic carbocycles. The van der Waals surface area contributed by atoms with Gasteiger partial charge in [-0.25, -0.2) is 0 Å². The maximum absolute atomic E-state index is 12.0. The lowest BCUT2D eigenvalue weighted by atomic mass is 10.1. The highest BCUT2D eigenvalue weighted by molar-refractivity contribution is 7.98. The summed E-state index contributed by atoms with van der Waals surface area (Å²) in [6, 6.07) is 13.0. The number of carbonyl (C=O) groups excluding carboxylic acids is 1. The van der Waals surface area contributed by atoms with Gasteiger partial charge in [-0.05, 0) is 47.7 Å². The minimum atomic E-state index is -0.746. The Morgan fingerprint density at radius 3 is 2.46 bits per heavy atom. The molecule has 2 rings (SSSR count). The molecule has 0 aliphatic heterocycles. The van der Waals surface area contributed by atoms with Crippen LogP contribution >= 0.6 is 11.8 Å². The Morgan fingerprint density at radius 1 is 1.15 bits per heavy atom. The number of nitrogens with one attached hydrogen (secondary N) is 1. The summed E-state index contributed by atoms with van der Waals surface area (Å²) in [5, 5.41) is 12.9. The summed E-state index contributed by atoms with van der Waals surface area (Å²) >= 11 is 1.64. The number of aliphatic hydroxyl groups is 1. The normalized spacial score (nSPS) is 12.0. The largest absolute Gasteiger partial charge is 0.493 e. The zero-order valence-corrected chi connectivity index (χ0v) is 15.9. The van der Waals surface area contributed by atoms with Crippen molar-refractivity contribution in [3.8, 4) is 11.5 Å². The minimum absolute atomic E-state index is 0.147. The Bertz CT molecular complexity index is 759. The van der Waals surface area contributed by atoms with E-state index in [4.69, 9.17) is 9.47 Å². The van der Waals surface area contributed by atoms with Crippen molar-refractivity contribution in [1.82, 2.24) is 5.32 Å². The maximum Gasteiger partial charge on any atom is 0.244 e. The summed E-state index contributed by atoms with van der Waals surface area (Å²) in [4.78, 5) is 13.1. The monoisotopic (exact) mass is 373 g/mol. The zero-order chi connectivity index (χ0) is 18.9. The van der Waals surface area contributed by atoms with Gasteiger partial charge in [0.25, 0.3) is 0 Å². The number of methoxy groups -OCH3 is 2. The molecular weight excluding hydrogens is 350 g/mol. The molecule has 0 aliphatic rings. The van der Waals surface area contributed by atoms with E-state index in [1.165, 1.54) is 6.08 Å². The second kappa shape index (κ2) is 9.89. The summed E-state index contributed by atoms with van der Waals surface area (Å²) in [5.41, 5.74) is 1.58. The highest BCUT2D eigenvalue weighted by atomic mass is 32.2. The average molecular weight is 373 g/mol. The third kappa shape index (κ3) is 5.54. The average Bonchev–Trinajstić information content (AvgIpc) is 2.70. The standard InChI is InChI=1S/C20H23NO4S/c1-24-18-10-4-14(12-19(18)25-2)5-11-20(23)21-13-17(22)15-6-8-16(26-3)9-7-15/h4-12,17,22H,13H2,1-3H3,(H,21,23)/b11-5+. The molecule has 2 aromatic carbocycles. The molecule has 1 atom stereocenters. The van der Waals surface area contributed by atoms with Gasteiger partial charge in [0.2, 0.25) is 5.91 Å². The first-order valence-electron chi connectivity index (χ1n) is 8.07. The van der Waals surface area contributed by atoms with E-state index in [9.17, 15) is 9.90 Å². The summed E-state index contributed by atoms with van der Waals surface area (Å²) in [6.45, 7) is 0.147. The quantitative estimate of drug-likeness (QED) is 0.549. The number of aliphatic hydroxyl groups excluding tert-OH is 1. The number of hydrogen-bond donors (Lipinski definition) is 2. The van der Waals surface area contributed by atoms with Crippen molar-refractivity contribution >= 4 is 23.7 Å². The van der Waals surface area contributed by atoms with E-state index in [0.29, 0.717) is 11.5 Å². The van der Waals surface area contributed by atoms with Crippen molar-refractivity contribution < 1.29 is 19.4 Å². The first-order chi connectivity index (χ1) is 12.6. The van der Waals surface area contributed by atoms with Crippen LogP contribution in [0, 0.1) is 0 Å². The second-order valence-electron chi connectivity index (χ2n) is 5.48. The molecule has 138 valence electrons. The molecule has 0 radical (unpaired) electrons. The van der Waals surface area contributed by atoms with Gasteiger partial charge in [-0.2, -0.15) is 0 Å². The van der Waals surface area contributed by atoms with Crippen LogP contribution in [0.3, 0.4) is 0 Å². The predicted molar refractivity (Wildman–Crippen MR) is 105 cm³/mol. The van der Waals surface area contributed by atoms with E-state index in [-0.39, 0.29) is 12.5 Å². The highest BCUT2D eigenvalue weighted by Gasteiger charge is 2.08. The van der Waals surface area contributed by atoms with Crippen LogP contribution in [0.25, 0.3) is 6.08 Å². The topological polar surface area (TPSA) is 67.8 Å². The summed E-state index contributed by atoms with van der Waals surface area (Å²) in [7, 11) is 3.13. The van der Waals surface area contributed by atoms with Gasteiger partial charge in [0.05, 0.1) is 20.3 Å². The van der Waals surface area contributed by atoms with Gasteiger partial charge in [0.15, 0.2) is 11.5 Å². The first-order valence-corrected chi connectivity index (χ1v) is 9.29. The van der Waals surface area contributed by atoms with Crippen molar-refractivity contribution in [2.45, 2.75) is 11.0 Å². The molecule has 5 nitrogen and oxygen atoms in total. The van der Waals surface area contributed by atoms with Gasteiger partial charge in [0, 0.05) is 17.5 Å². The number of thioether (sulfide) groups is 1. The van der Waals surface area contributed by atoms with Crippen LogP contribution in [0.15, 0.2) is 53.4 Å². The summed E-state index contributed by atoms with van der Waals surface area (Å²) in [6.07, 6.45) is 4.35. The zero-order valence-electron chi connectivity index (χ0n) is 15.1. The Morgan fingerprint density at radius 2 is 1.85 bits per heavy atom. The molecule has 0 bridgehead atoms. The molecule has 2 N–H and O–H groups in total. The van der Waals surface area contributed by atoms with Gasteiger partial charge >= 0.3 is 0 Å². The molecule has 1 amide bonds. The maximum atomic E-state index is 12.0. The van der Waals surface area contributed by atoms with E-state index in [1.54, 1.807) is 44.2 Å². The van der Waals surface area contributed by atoms with Gasteiger partial charge in [-0.15, -0.1) is 11.8 Å². The third-order valence-electron chi connectivity index (χ3n) is 3.80. The first kappa shape index (κ1) is 19.9. The summed E-state index contributed by atoms with van der Waals surface area (Å²) in [5.74, 6) is 0.948. The lowest BCUT2D eigenvalue weighted by Gasteiger charge is -2.12. The Balaban J connectivity index is 1.90. The minimum Gasteiger partial charge on any atom is -0.493 e. The molecule has 0 spiro atoms. The second-order valence-corrected chi connectivity index (χ2v) is 6.36. The predicted octanol–water partition coefficient (Wildman–Crippen LogP) is 3.29. The van der Waals surface area contributed by atoms with Gasteiger partial charge in [0.1, 0.15) is 0 Å². The lowest BCUT2D eigenvalue weighted by molar-refractivity contribution is -0.116. The number of rotatable bonds is 8. The smallest absolute Gasteiger partial charge is 0.244 e. The molecule has 0 aromatic heterocycles. The van der Waals surface area contributed by atoms with Crippen molar-refractivity contribution in [3.05, 3.63) is 59.7 Å². The van der Waals surface area contributed by atoms with E-state index in [2.05, 4.69) is 5.32 Å². The van der Waals surface area contributed by atoms with E-state index in [1.807, 2.05) is 36.6 Å². The fourth-order valence-corrected chi connectivity index (χ4v) is 2.74. The Hall–Kier alpha value is -2.44. The molecule has 6 heteroatoms. The third-order valence-corrected chi connectivity index (χ3v) is 4.55. The molecule has 2 aromatic rings. The Labute approximate surface area is 158 Å². The van der Waals surface area contributed by atoms with Crippen LogP contribution in [-0.2, 0) is 4.79 Å². The number of carbonyl (C=O) groups is 1. The van der Waals surface area contributed by atoms with Gasteiger partial charge in [-0.3, -0.25) is 4.79 Å². The number of ether oxygens (including phenoxy) is 2. The van der Waals surface area contributed by atoms with Crippen molar-refractivity contribution in [2.24, 2.45) is 0 Å². The molecular formula is C20H23NO4S. The van der Waals surface area contributed by atoms with Crippen LogP contribution < -0.4 is 14.8 Å². The number of amides is 1. The van der Waals surface area contributed by atoms with E-state index < -0.39 is 6.10 Å². The van der Waals surface area contributed by atoms with Crippen LogP contribution in [-0.4, -0.2) is 38.0 Å². The highest BCUT2D eigenvalue weighted by Crippen LogP contribution is 2.27. The van der Waals surface area contributed by atoms with Gasteiger partial charge < -0.3 is 19.9 Å². The van der Waals surface area contributed by atoms with Crippen molar-refractivity contribution in [2.75, 3.05) is 27.0 Å². The van der Waals surface area contributed by atoms with E-state index >= 15 is 0 Å². The molecule has 0 saturated carbocycles. The van der Waals surface area contributed by atoms with Crippen molar-refractivity contribution in [3.63, 3.8) is 0 Å². The number of hydrogen-bond acceptors (Lipinski definition) is 5. The van der Waals surface area contributed by atoms with E-state index in [0.717, 1.165) is 16.0 Å². The number of benzene rings is 2. The van der Waals surface area contributed by atoms with Crippen molar-refractivity contribution in [1.29, 1.82) is 0 Å². The van der Waals surface area contributed by atoms with Crippen LogP contribution in [0.2, 0.25) is 0 Å².